The lowest BCUT2D eigenvalue weighted by Gasteiger charge is -2.32. The van der Waals surface area contributed by atoms with Gasteiger partial charge in [0.05, 0.1) is 57.0 Å². The number of nitrogens with one attached hydrogen (secondary N) is 3. The molecule has 4 atom stereocenters. The second-order valence-corrected chi connectivity index (χ2v) is 31.7. The summed E-state index contributed by atoms with van der Waals surface area (Å²) in [5.74, 6) is 2.33. The molecule has 125 heavy (non-hydrogen) atoms. The molecular formula is C100H131BF4N8O12. The molecule has 1 fully saturated rings. The van der Waals surface area contributed by atoms with Crippen molar-refractivity contribution in [3.63, 3.8) is 0 Å². The van der Waals surface area contributed by atoms with E-state index in [2.05, 4.69) is 20.6 Å². The summed E-state index contributed by atoms with van der Waals surface area (Å²) >= 11 is 0. The predicted octanol–water partition coefficient (Wildman–Crippen LogP) is 24.3. The number of hydrogen-bond donors (Lipinski definition) is 4. The molecule has 0 bridgehead atoms. The zero-order chi connectivity index (χ0) is 87.1. The van der Waals surface area contributed by atoms with Crippen LogP contribution in [0.1, 0.15) is 146 Å². The maximum absolute atomic E-state index is 13.0. The van der Waals surface area contributed by atoms with Crippen molar-refractivity contribution in [1.29, 1.82) is 0 Å². The summed E-state index contributed by atoms with van der Waals surface area (Å²) in [5, 5.41) is 19.1. The van der Waals surface area contributed by atoms with Crippen LogP contribution in [0.25, 0.3) is 77.4 Å². The van der Waals surface area contributed by atoms with E-state index in [9.17, 15) is 31.9 Å². The number of anilines is 4. The van der Waals surface area contributed by atoms with E-state index in [1.54, 1.807) is 44.4 Å². The third-order valence-electron chi connectivity index (χ3n) is 19.8. The molecular weight excluding hydrogens is 1590 g/mol. The van der Waals surface area contributed by atoms with E-state index in [1.807, 2.05) is 286 Å². The van der Waals surface area contributed by atoms with Crippen molar-refractivity contribution in [2.24, 2.45) is 0 Å². The van der Waals surface area contributed by atoms with Crippen molar-refractivity contribution < 1.29 is 70.0 Å². The molecule has 0 radical (unpaired) electrons. The van der Waals surface area contributed by atoms with Gasteiger partial charge in [0.1, 0.15) is 85.3 Å². The molecule has 1 saturated heterocycles. The summed E-state index contributed by atoms with van der Waals surface area (Å²) in [6.07, 6.45) is -1.07. The number of nitrogens with zero attached hydrogens (tertiary/aromatic N) is 5. The van der Waals surface area contributed by atoms with Gasteiger partial charge in [-0.15, -0.1) is 0 Å². The Bertz CT molecular complexity index is 5220. The lowest BCUT2D eigenvalue weighted by Crippen LogP contribution is -2.41. The van der Waals surface area contributed by atoms with Crippen molar-refractivity contribution in [2.75, 3.05) is 81.9 Å². The van der Waals surface area contributed by atoms with Gasteiger partial charge in [-0.1, -0.05) is 125 Å². The minimum absolute atomic E-state index is 0. The Morgan fingerprint density at radius 2 is 0.736 bits per heavy atom. The largest absolute Gasteiger partial charge is 0.494 e. The fourth-order valence-electron chi connectivity index (χ4n) is 11.9. The highest BCUT2D eigenvalue weighted by molar-refractivity contribution is 6.62. The number of carbonyl (C=O) groups excluding carboxylic acids is 2. The van der Waals surface area contributed by atoms with Gasteiger partial charge >= 0.3 is 19.3 Å². The molecule has 8 aromatic carbocycles. The molecule has 2 amide bonds. The van der Waals surface area contributed by atoms with Crippen LogP contribution in [-0.4, -0.2) is 153 Å². The number of hydrogen-bond acceptors (Lipinski definition) is 17. The Hall–Kier alpha value is -11.8. The number of aromatic amines is 1. The Morgan fingerprint density at radius 1 is 0.440 bits per heavy atom. The van der Waals surface area contributed by atoms with Crippen LogP contribution in [0.15, 0.2) is 223 Å². The molecule has 0 spiro atoms. The van der Waals surface area contributed by atoms with Crippen LogP contribution in [-0.2, 0) is 18.8 Å². The molecule has 20 nitrogen and oxygen atoms in total. The number of pyridine rings is 4. The van der Waals surface area contributed by atoms with Crippen LogP contribution in [0.2, 0.25) is 0 Å². The van der Waals surface area contributed by atoms with Crippen molar-refractivity contribution in [2.45, 2.75) is 193 Å². The number of benzene rings is 8. The number of rotatable bonds is 24. The topological polar surface area (TPSA) is 230 Å². The Balaban J connectivity index is 0.000000328. The molecule has 5 heterocycles. The van der Waals surface area contributed by atoms with Gasteiger partial charge in [0.2, 0.25) is 5.56 Å². The maximum atomic E-state index is 13.0. The van der Waals surface area contributed by atoms with Crippen molar-refractivity contribution in [3.8, 4) is 56.8 Å². The monoisotopic (exact) mass is 1720 g/mol. The smallest absolute Gasteiger partial charge is 0.488 e. The number of H-pyrrole nitrogens is 1. The summed E-state index contributed by atoms with van der Waals surface area (Å²) in [6, 6.07) is 68.4. The van der Waals surface area contributed by atoms with E-state index in [0.717, 1.165) is 100 Å². The first-order valence-corrected chi connectivity index (χ1v) is 40.1. The van der Waals surface area contributed by atoms with Crippen LogP contribution in [0.5, 0.6) is 23.0 Å². The Labute approximate surface area is 737 Å². The highest BCUT2D eigenvalue weighted by atomic mass is 19.1. The second kappa shape index (κ2) is 48.5. The molecule has 4 unspecified atom stereocenters. The van der Waals surface area contributed by atoms with Crippen molar-refractivity contribution in [3.05, 3.63) is 229 Å². The fourth-order valence-corrected chi connectivity index (χ4v) is 11.9. The van der Waals surface area contributed by atoms with Crippen LogP contribution in [0.3, 0.4) is 0 Å². The SMILES string of the molecule is C.C.C.C.C.CCC(CF)Oc1ccc2ccc(-c3ccc(N(C)C(=O)OC(C)(C)C)cc3)nc2c1.CCC(CF)Oc1ccc2ccc(-c3ccc(NC)cc3)nc2c1.CCC(CF)Oc1ccc2ccc(=O)[nH]c2c1.CN(C(=O)OC(C)(C)C)c1ccc(B2OC(C)(C)C(C)(C)O2)cc1.CNc1ccc(-c2ccc3ccc(OC(CO)CF)cc3n2)cc1. The van der Waals surface area contributed by atoms with E-state index < -0.39 is 75.5 Å². The number of aliphatic hydroxyl groups excluding tert-OH is 1. The number of ether oxygens (including phenoxy) is 6. The van der Waals surface area contributed by atoms with Gasteiger partial charge < -0.3 is 58.5 Å². The first-order chi connectivity index (χ1) is 57.2. The molecule has 674 valence electrons. The molecule has 4 N–H and O–H groups in total. The van der Waals surface area contributed by atoms with E-state index in [1.165, 1.54) is 15.9 Å². The number of fused-ring (bicyclic) bond motifs is 4. The summed E-state index contributed by atoms with van der Waals surface area (Å²) < 4.78 is 96.2. The average molecular weight is 1720 g/mol. The van der Waals surface area contributed by atoms with Crippen LogP contribution >= 0.6 is 0 Å². The highest BCUT2D eigenvalue weighted by Gasteiger charge is 2.51. The summed E-state index contributed by atoms with van der Waals surface area (Å²) in [7, 11) is 6.74. The first kappa shape index (κ1) is 106. The lowest BCUT2D eigenvalue weighted by atomic mass is 9.79. The second-order valence-electron chi connectivity index (χ2n) is 31.7. The molecule has 0 aliphatic carbocycles. The Kier molecular flexibility index (Phi) is 40.9. The zero-order valence-corrected chi connectivity index (χ0v) is 71.5. The highest BCUT2D eigenvalue weighted by Crippen LogP contribution is 2.38. The van der Waals surface area contributed by atoms with Gasteiger partial charge in [-0.25, -0.2) is 42.1 Å². The molecule has 1 aliphatic heterocycles. The number of aromatic nitrogens is 4. The normalized spacial score (nSPS) is 13.2. The van der Waals surface area contributed by atoms with Crippen molar-refractivity contribution in [1.82, 2.24) is 19.9 Å². The lowest BCUT2D eigenvalue weighted by molar-refractivity contribution is 0.00578. The molecule has 12 aromatic rings. The Morgan fingerprint density at radius 3 is 1.05 bits per heavy atom. The maximum Gasteiger partial charge on any atom is 0.494 e. The zero-order valence-electron chi connectivity index (χ0n) is 71.5. The minimum atomic E-state index is -0.847. The van der Waals surface area contributed by atoms with E-state index >= 15 is 0 Å². The van der Waals surface area contributed by atoms with Gasteiger partial charge in [-0.2, -0.15) is 0 Å². The molecule has 1 aliphatic rings. The first-order valence-electron chi connectivity index (χ1n) is 40.1. The summed E-state index contributed by atoms with van der Waals surface area (Å²) in [5.41, 5.74) is 11.2. The van der Waals surface area contributed by atoms with Crippen LogP contribution in [0, 0.1) is 0 Å². The standard InChI is InChI=1S/C25H29FN2O3.C20H21FN2O.C19H19FN2O2.C18H28BNO4.C13H14FNO2.5CH4/c1-6-20(16-26)30-21-13-9-18-10-14-22(27-23(18)15-21)17-7-11-19(12-8-17)28(5)24(29)31-25(2,3)4;1-3-17(13-21)24-18-10-6-15-7-11-19(23-20(15)12-18)14-4-8-16(22-2)9-5-14;1-21-15-6-2-13(3-7-15)18-9-5-14-4-8-16(10-19(14)22-18)24-17(11-20)12-23;1-16(2,3)22-15(21)20(8)14-11-9-13(10-12-14)19-23-17(4,5)18(6,7)24-19;1-2-10(8-14)17-11-5-3-9-4-6-13(16)15-12(9)7-11;;;;;/h7-15,20H,6,16H2,1-5H3;4-12,17,22H,3,13H2,1-2H3;2-10,17,21,23H,11-12H2,1H3;9-12H,1-8H3;3-7,10H,2,8H2,1H3,(H,15,16);5*1H4. The van der Waals surface area contributed by atoms with Gasteiger partial charge in [-0.05, 0) is 221 Å². The molecule has 13 rings (SSSR count). The van der Waals surface area contributed by atoms with E-state index in [0.29, 0.717) is 47.8 Å². The average Bonchev–Trinajstić information content (AvgIpc) is 1.68. The van der Waals surface area contributed by atoms with Gasteiger partial charge in [0.15, 0.2) is 0 Å². The summed E-state index contributed by atoms with van der Waals surface area (Å²) in [6.45, 7) is 22.2. The quantitative estimate of drug-likeness (QED) is 0.0325. The fraction of sp³-hybridized carbons (Fsp3) is 0.380. The van der Waals surface area contributed by atoms with Gasteiger partial charge in [-0.3, -0.25) is 14.6 Å². The third kappa shape index (κ3) is 30.0. The van der Waals surface area contributed by atoms with E-state index in [4.69, 9.17) is 52.8 Å². The minimum Gasteiger partial charge on any atom is -0.488 e. The number of alkyl halides is 4. The predicted molar refractivity (Wildman–Crippen MR) is 510 cm³/mol. The van der Waals surface area contributed by atoms with Crippen LogP contribution in [0.4, 0.5) is 49.9 Å². The number of halogens is 4. The van der Waals surface area contributed by atoms with Crippen LogP contribution < -0.4 is 50.4 Å². The molecule has 25 heteroatoms. The molecule has 0 saturated carbocycles. The van der Waals surface area contributed by atoms with Crippen molar-refractivity contribution >= 4 is 91.1 Å². The summed E-state index contributed by atoms with van der Waals surface area (Å²) in [4.78, 5) is 55.4. The number of carbonyl (C=O) groups is 2. The number of amides is 2. The van der Waals surface area contributed by atoms with E-state index in [-0.39, 0.29) is 66.6 Å². The molecule has 4 aromatic heterocycles. The number of aliphatic hydroxyl groups is 1. The van der Waals surface area contributed by atoms with Gasteiger partial charge in [0.25, 0.3) is 0 Å². The van der Waals surface area contributed by atoms with Gasteiger partial charge in [0, 0.05) is 114 Å². The third-order valence-corrected chi connectivity index (χ3v) is 19.8.